The summed E-state index contributed by atoms with van der Waals surface area (Å²) < 4.78 is 11.4. The lowest BCUT2D eigenvalue weighted by atomic mass is 10.2. The fraction of sp³-hybridized carbons (Fsp3) is 0.385. The smallest absolute Gasteiger partial charge is 0.259 e. The van der Waals surface area contributed by atoms with Gasteiger partial charge in [0.05, 0.1) is 14.8 Å². The van der Waals surface area contributed by atoms with E-state index in [2.05, 4.69) is 26.4 Å². The summed E-state index contributed by atoms with van der Waals surface area (Å²) in [6.45, 7) is 1.22. The number of amides is 1. The van der Waals surface area contributed by atoms with Crippen LogP contribution in [0, 0.1) is 0 Å². The molecule has 8 heteroatoms. The van der Waals surface area contributed by atoms with Gasteiger partial charge in [-0.05, 0) is 40.9 Å². The number of anilines is 1. The Balaban J connectivity index is 1.77. The number of carbonyl (C=O) groups is 1. The van der Waals surface area contributed by atoms with E-state index in [1.807, 2.05) is 12.1 Å². The summed E-state index contributed by atoms with van der Waals surface area (Å²) in [7, 11) is 0. The lowest BCUT2D eigenvalue weighted by Gasteiger charge is -2.10. The van der Waals surface area contributed by atoms with Crippen LogP contribution in [0.4, 0.5) is 5.88 Å². The number of carbonyl (C=O) groups excluding carboxylic acids is 1. The predicted octanol–water partition coefficient (Wildman–Crippen LogP) is 2.66. The van der Waals surface area contributed by atoms with Gasteiger partial charge in [0, 0.05) is 13.2 Å². The maximum Gasteiger partial charge on any atom is 0.259 e. The Hall–Kier alpha value is -1.38. The highest BCUT2D eigenvalue weighted by molar-refractivity contribution is 9.11. The molecule has 0 aliphatic carbocycles. The van der Waals surface area contributed by atoms with Gasteiger partial charge in [-0.2, -0.15) is 0 Å². The summed E-state index contributed by atoms with van der Waals surface area (Å²) in [6, 6.07) is 3.75. The Morgan fingerprint density at radius 3 is 3.10 bits per heavy atom. The van der Waals surface area contributed by atoms with Crippen LogP contribution >= 0.6 is 27.3 Å². The van der Waals surface area contributed by atoms with Crippen LogP contribution in [0.1, 0.15) is 23.2 Å². The molecule has 1 unspecified atom stereocenters. The van der Waals surface area contributed by atoms with Crippen LogP contribution in [-0.2, 0) is 4.74 Å². The molecule has 112 valence electrons. The third kappa shape index (κ3) is 3.12. The van der Waals surface area contributed by atoms with Crippen LogP contribution in [0.15, 0.2) is 20.4 Å². The Labute approximate surface area is 133 Å². The van der Waals surface area contributed by atoms with E-state index in [1.54, 1.807) is 0 Å². The van der Waals surface area contributed by atoms with Gasteiger partial charge in [-0.25, -0.2) is 0 Å². The summed E-state index contributed by atoms with van der Waals surface area (Å²) in [5, 5.41) is 6.73. The lowest BCUT2D eigenvalue weighted by molar-refractivity contribution is 0.0858. The van der Waals surface area contributed by atoms with Gasteiger partial charge < -0.3 is 20.3 Å². The van der Waals surface area contributed by atoms with E-state index < -0.39 is 0 Å². The number of hydrogen-bond acceptors (Lipinski definition) is 6. The Morgan fingerprint density at radius 2 is 2.43 bits per heavy atom. The first kappa shape index (κ1) is 14.6. The second-order valence-electron chi connectivity index (χ2n) is 4.72. The van der Waals surface area contributed by atoms with E-state index in [4.69, 9.17) is 15.0 Å². The van der Waals surface area contributed by atoms with Crippen molar-refractivity contribution in [1.82, 2.24) is 10.5 Å². The molecule has 0 bridgehead atoms. The molecule has 1 atom stereocenters. The van der Waals surface area contributed by atoms with Crippen molar-refractivity contribution < 1.29 is 14.1 Å². The van der Waals surface area contributed by atoms with E-state index in [9.17, 15) is 4.79 Å². The number of nitrogens with zero attached hydrogens (tertiary/aromatic N) is 1. The van der Waals surface area contributed by atoms with Crippen LogP contribution < -0.4 is 11.1 Å². The monoisotopic (exact) mass is 371 g/mol. The van der Waals surface area contributed by atoms with E-state index in [-0.39, 0.29) is 23.5 Å². The van der Waals surface area contributed by atoms with Crippen molar-refractivity contribution in [1.29, 1.82) is 0 Å². The molecule has 1 saturated heterocycles. The zero-order valence-corrected chi connectivity index (χ0v) is 13.5. The van der Waals surface area contributed by atoms with E-state index >= 15 is 0 Å². The van der Waals surface area contributed by atoms with Gasteiger partial charge in [0.15, 0.2) is 0 Å². The zero-order valence-electron chi connectivity index (χ0n) is 11.1. The minimum absolute atomic E-state index is 0.0272. The molecule has 21 heavy (non-hydrogen) atoms. The predicted molar refractivity (Wildman–Crippen MR) is 83.2 cm³/mol. The van der Waals surface area contributed by atoms with E-state index in [0.717, 1.165) is 28.1 Å². The number of halogens is 1. The number of rotatable bonds is 4. The average molecular weight is 372 g/mol. The van der Waals surface area contributed by atoms with Crippen LogP contribution in [-0.4, -0.2) is 30.3 Å². The molecule has 0 saturated carbocycles. The SMILES string of the molecule is Nc1onc(-c2ccc(Br)s2)c1C(=O)NCC1CCCO1. The summed E-state index contributed by atoms with van der Waals surface area (Å²) in [5.74, 6) is -0.261. The fourth-order valence-corrected chi connectivity index (χ4v) is 3.61. The highest BCUT2D eigenvalue weighted by Crippen LogP contribution is 2.34. The molecule has 3 N–H and O–H groups in total. The third-order valence-corrected chi connectivity index (χ3v) is 4.90. The summed E-state index contributed by atoms with van der Waals surface area (Å²) in [4.78, 5) is 13.2. The molecule has 1 aliphatic rings. The van der Waals surface area contributed by atoms with E-state index in [0.29, 0.717) is 12.2 Å². The van der Waals surface area contributed by atoms with Crippen molar-refractivity contribution in [2.75, 3.05) is 18.9 Å². The molecule has 3 heterocycles. The van der Waals surface area contributed by atoms with Crippen molar-refractivity contribution >= 4 is 39.1 Å². The van der Waals surface area contributed by atoms with Crippen molar-refractivity contribution in [3.05, 3.63) is 21.5 Å². The van der Waals surface area contributed by atoms with Crippen molar-refractivity contribution in [3.8, 4) is 10.6 Å². The minimum Gasteiger partial charge on any atom is -0.376 e. The van der Waals surface area contributed by atoms with Crippen LogP contribution in [0.5, 0.6) is 0 Å². The second kappa shape index (κ2) is 6.17. The first-order chi connectivity index (χ1) is 10.1. The van der Waals surface area contributed by atoms with Gasteiger partial charge in [0.25, 0.3) is 5.91 Å². The standard InChI is InChI=1S/C13H14BrN3O3S/c14-9-4-3-8(21-9)11-10(12(15)20-17-11)13(18)16-6-7-2-1-5-19-7/h3-4,7H,1-2,5-6,15H2,(H,16,18). The Kier molecular flexibility index (Phi) is 4.27. The molecule has 6 nitrogen and oxygen atoms in total. The molecule has 1 aliphatic heterocycles. The molecule has 1 amide bonds. The second-order valence-corrected chi connectivity index (χ2v) is 7.18. The first-order valence-corrected chi connectivity index (χ1v) is 8.16. The molecule has 0 radical (unpaired) electrons. The number of nitrogen functional groups attached to an aromatic ring is 1. The van der Waals surface area contributed by atoms with Gasteiger partial charge in [-0.3, -0.25) is 4.79 Å². The van der Waals surface area contributed by atoms with Crippen LogP contribution in [0.3, 0.4) is 0 Å². The van der Waals surface area contributed by atoms with Crippen molar-refractivity contribution in [2.45, 2.75) is 18.9 Å². The fourth-order valence-electron chi connectivity index (χ4n) is 2.23. The third-order valence-electron chi connectivity index (χ3n) is 3.27. The molecule has 1 fully saturated rings. The van der Waals surface area contributed by atoms with E-state index in [1.165, 1.54) is 11.3 Å². The first-order valence-electron chi connectivity index (χ1n) is 6.56. The average Bonchev–Trinajstić information content (AvgIpc) is 3.17. The summed E-state index contributed by atoms with van der Waals surface area (Å²) in [5.41, 5.74) is 6.49. The van der Waals surface area contributed by atoms with Crippen molar-refractivity contribution in [2.24, 2.45) is 0 Å². The molecule has 2 aromatic rings. The minimum atomic E-state index is -0.288. The van der Waals surface area contributed by atoms with Crippen LogP contribution in [0.25, 0.3) is 10.6 Å². The maximum atomic E-state index is 12.3. The molecular formula is C13H14BrN3O3S. The highest BCUT2D eigenvalue weighted by atomic mass is 79.9. The lowest BCUT2D eigenvalue weighted by Crippen LogP contribution is -2.32. The van der Waals surface area contributed by atoms with Gasteiger partial charge in [-0.15, -0.1) is 11.3 Å². The molecular weight excluding hydrogens is 358 g/mol. The largest absolute Gasteiger partial charge is 0.376 e. The molecule has 2 aromatic heterocycles. The quantitative estimate of drug-likeness (QED) is 0.861. The van der Waals surface area contributed by atoms with Gasteiger partial charge >= 0.3 is 0 Å². The summed E-state index contributed by atoms with van der Waals surface area (Å²) >= 11 is 4.85. The number of aromatic nitrogens is 1. The zero-order chi connectivity index (χ0) is 14.8. The number of ether oxygens (including phenoxy) is 1. The number of nitrogens with two attached hydrogens (primary N) is 1. The normalized spacial score (nSPS) is 18.0. The number of nitrogens with one attached hydrogen (secondary N) is 1. The number of thiophene rings is 1. The number of hydrogen-bond donors (Lipinski definition) is 2. The molecule has 3 rings (SSSR count). The van der Waals surface area contributed by atoms with Gasteiger partial charge in [0.2, 0.25) is 5.88 Å². The maximum absolute atomic E-state index is 12.3. The van der Waals surface area contributed by atoms with Crippen LogP contribution in [0.2, 0.25) is 0 Å². The molecule has 0 spiro atoms. The Bertz CT molecular complexity index is 649. The topological polar surface area (TPSA) is 90.4 Å². The Morgan fingerprint density at radius 1 is 1.57 bits per heavy atom. The van der Waals surface area contributed by atoms with Gasteiger partial charge in [0.1, 0.15) is 11.3 Å². The summed E-state index contributed by atoms with van der Waals surface area (Å²) in [6.07, 6.45) is 2.07. The molecule has 0 aromatic carbocycles. The van der Waals surface area contributed by atoms with Gasteiger partial charge in [-0.1, -0.05) is 5.16 Å². The van der Waals surface area contributed by atoms with Crippen molar-refractivity contribution in [3.63, 3.8) is 0 Å². The highest BCUT2D eigenvalue weighted by Gasteiger charge is 2.24.